The van der Waals surface area contributed by atoms with E-state index in [-0.39, 0.29) is 28.9 Å². The van der Waals surface area contributed by atoms with Crippen LogP contribution >= 0.6 is 12.2 Å². The van der Waals surface area contributed by atoms with E-state index in [0.29, 0.717) is 5.11 Å². The second-order valence-electron chi connectivity index (χ2n) is 11.9. The highest BCUT2D eigenvalue weighted by atomic mass is 32.2. The minimum Gasteiger partial charge on any atom is -0.381 e. The number of hydrogen-bond acceptors (Lipinski definition) is 5. The van der Waals surface area contributed by atoms with Crippen LogP contribution in [-0.4, -0.2) is 43.8 Å². The number of carbonyl (C=O) groups excluding carboxylic acids is 1. The summed E-state index contributed by atoms with van der Waals surface area (Å²) in [6.07, 6.45) is 10.8. The van der Waals surface area contributed by atoms with E-state index in [2.05, 4.69) is 23.5 Å². The molecule has 1 aliphatic heterocycles. The quantitative estimate of drug-likeness (QED) is 0.503. The third kappa shape index (κ3) is 4.29. The first kappa shape index (κ1) is 26.0. The summed E-state index contributed by atoms with van der Waals surface area (Å²) in [5.41, 5.74) is 3.18. The molecular formula is C30H36N2O4S2. The van der Waals surface area contributed by atoms with Crippen molar-refractivity contribution in [3.05, 3.63) is 64.7 Å². The van der Waals surface area contributed by atoms with Crippen molar-refractivity contribution in [2.45, 2.75) is 80.9 Å². The minimum atomic E-state index is -3.35. The fourth-order valence-electron chi connectivity index (χ4n) is 7.09. The fraction of sp³-hybridized carbons (Fsp3) is 0.533. The van der Waals surface area contributed by atoms with Gasteiger partial charge in [0.05, 0.1) is 17.5 Å². The monoisotopic (exact) mass is 552 g/mol. The maximum Gasteiger partial charge on any atom is 0.260 e. The highest BCUT2D eigenvalue weighted by molar-refractivity contribution is 7.90. The van der Waals surface area contributed by atoms with Crippen molar-refractivity contribution < 1.29 is 17.9 Å². The number of nitrogens with zero attached hydrogens (tertiary/aromatic N) is 1. The van der Waals surface area contributed by atoms with E-state index in [9.17, 15) is 13.2 Å². The third-order valence-electron chi connectivity index (χ3n) is 9.44. The zero-order valence-corrected chi connectivity index (χ0v) is 23.8. The van der Waals surface area contributed by atoms with Crippen LogP contribution in [0, 0.1) is 11.3 Å². The molecule has 6 nitrogen and oxygen atoms in total. The van der Waals surface area contributed by atoms with Crippen molar-refractivity contribution in [1.82, 2.24) is 10.2 Å². The van der Waals surface area contributed by atoms with Crippen LogP contribution in [0.5, 0.6) is 0 Å². The van der Waals surface area contributed by atoms with Gasteiger partial charge in [0.2, 0.25) is 0 Å². The Balaban J connectivity index is 1.38. The van der Waals surface area contributed by atoms with Gasteiger partial charge in [0.15, 0.2) is 20.5 Å². The number of ether oxygens (including phenoxy) is 1. The summed E-state index contributed by atoms with van der Waals surface area (Å²) in [5.74, 6) is 0.839. The highest BCUT2D eigenvalue weighted by Crippen LogP contribution is 2.60. The molecule has 1 saturated heterocycles. The standard InChI is InChI=1S/C30H36N2O4S2/c1-36-24-12-14-29(15-13-24)18-23-11-10-21(9-8-20-6-7-20)17-26(23)30(29)27(33)32(28(37)31-30)19-22-4-3-5-25(16-22)38(2,34)35/h3-5,10-11,16-17,20,24H,6-9,12-15,18-19H2,1-2H3,(H,31,37). The van der Waals surface area contributed by atoms with Crippen LogP contribution in [0.2, 0.25) is 0 Å². The molecule has 1 unspecified atom stereocenters. The van der Waals surface area contributed by atoms with Crippen LogP contribution in [0.15, 0.2) is 47.4 Å². The summed E-state index contributed by atoms with van der Waals surface area (Å²) in [4.78, 5) is 16.5. The van der Waals surface area contributed by atoms with Crippen molar-refractivity contribution in [2.75, 3.05) is 13.4 Å². The van der Waals surface area contributed by atoms with Crippen molar-refractivity contribution >= 4 is 33.1 Å². The van der Waals surface area contributed by atoms with Crippen LogP contribution < -0.4 is 5.32 Å². The number of aryl methyl sites for hydroxylation is 1. The Hall–Kier alpha value is -2.29. The Bertz CT molecular complexity index is 1390. The smallest absolute Gasteiger partial charge is 0.260 e. The van der Waals surface area contributed by atoms with Crippen LogP contribution in [-0.2, 0) is 44.3 Å². The molecule has 1 heterocycles. The molecular weight excluding hydrogens is 516 g/mol. The lowest BCUT2D eigenvalue weighted by Crippen LogP contribution is -2.56. The van der Waals surface area contributed by atoms with Crippen LogP contribution in [0.3, 0.4) is 0 Å². The Morgan fingerprint density at radius 2 is 1.84 bits per heavy atom. The molecule has 8 heteroatoms. The first-order chi connectivity index (χ1) is 18.1. The predicted molar refractivity (Wildman–Crippen MR) is 150 cm³/mol. The molecule has 38 heavy (non-hydrogen) atoms. The molecule has 202 valence electrons. The molecule has 0 aromatic heterocycles. The SMILES string of the molecule is COC1CCC2(CC1)Cc1ccc(CCC3CC3)cc1C21NC(=S)N(Cc2cccc(S(C)(=O)=O)c2)C1=O. The van der Waals surface area contributed by atoms with Crippen LogP contribution in [0.1, 0.15) is 67.2 Å². The number of amides is 1. The van der Waals surface area contributed by atoms with Crippen LogP contribution in [0.4, 0.5) is 0 Å². The number of rotatable bonds is 7. The number of nitrogens with one attached hydrogen (secondary N) is 1. The molecule has 0 bridgehead atoms. The van der Waals surface area contributed by atoms with E-state index in [1.807, 2.05) is 6.07 Å². The van der Waals surface area contributed by atoms with Crippen molar-refractivity contribution in [3.8, 4) is 0 Å². The lowest BCUT2D eigenvalue weighted by atomic mass is 9.61. The largest absolute Gasteiger partial charge is 0.381 e. The van der Waals surface area contributed by atoms with E-state index < -0.39 is 15.4 Å². The summed E-state index contributed by atoms with van der Waals surface area (Å²) < 4.78 is 30.0. The second-order valence-corrected chi connectivity index (χ2v) is 14.3. The van der Waals surface area contributed by atoms with Gasteiger partial charge in [-0.3, -0.25) is 9.69 Å². The summed E-state index contributed by atoms with van der Waals surface area (Å²) in [6, 6.07) is 13.6. The number of methoxy groups -OCH3 is 1. The molecule has 1 amide bonds. The Kier molecular flexibility index (Phi) is 6.43. The van der Waals surface area contributed by atoms with Gasteiger partial charge in [-0.05, 0) is 97.5 Å². The van der Waals surface area contributed by atoms with Gasteiger partial charge in [-0.15, -0.1) is 0 Å². The zero-order valence-electron chi connectivity index (χ0n) is 22.2. The molecule has 2 saturated carbocycles. The van der Waals surface area contributed by atoms with Gasteiger partial charge in [-0.1, -0.05) is 43.2 Å². The average molecular weight is 553 g/mol. The fourth-order valence-corrected chi connectivity index (χ4v) is 8.08. The van der Waals surface area contributed by atoms with Crippen molar-refractivity contribution in [3.63, 3.8) is 0 Å². The number of thiocarbonyl (C=S) groups is 1. The van der Waals surface area contributed by atoms with Gasteiger partial charge in [0, 0.05) is 18.8 Å². The first-order valence-electron chi connectivity index (χ1n) is 13.7. The van der Waals surface area contributed by atoms with Gasteiger partial charge in [-0.2, -0.15) is 0 Å². The maximum absolute atomic E-state index is 14.6. The molecule has 6 rings (SSSR count). The molecule has 1 N–H and O–H groups in total. The Labute approximate surface area is 231 Å². The van der Waals surface area contributed by atoms with Gasteiger partial charge >= 0.3 is 0 Å². The number of hydrogen-bond donors (Lipinski definition) is 1. The maximum atomic E-state index is 14.6. The Morgan fingerprint density at radius 1 is 1.08 bits per heavy atom. The van der Waals surface area contributed by atoms with E-state index in [1.165, 1.54) is 36.6 Å². The Morgan fingerprint density at radius 3 is 2.53 bits per heavy atom. The lowest BCUT2D eigenvalue weighted by Gasteiger charge is -2.46. The van der Waals surface area contributed by atoms with Crippen molar-refractivity contribution in [2.24, 2.45) is 11.3 Å². The average Bonchev–Trinajstić information content (AvgIpc) is 3.65. The lowest BCUT2D eigenvalue weighted by molar-refractivity contribution is -0.138. The molecule has 1 atom stereocenters. The van der Waals surface area contributed by atoms with Gasteiger partial charge in [0.1, 0.15) is 0 Å². The normalized spacial score (nSPS) is 28.8. The molecule has 3 fully saturated rings. The molecule has 2 aromatic carbocycles. The first-order valence-corrected chi connectivity index (χ1v) is 16.0. The minimum absolute atomic E-state index is 0.0128. The van der Waals surface area contributed by atoms with Crippen LogP contribution in [0.25, 0.3) is 0 Å². The molecule has 2 spiro atoms. The van der Waals surface area contributed by atoms with E-state index in [4.69, 9.17) is 17.0 Å². The summed E-state index contributed by atoms with van der Waals surface area (Å²) >= 11 is 5.84. The number of carbonyl (C=O) groups is 1. The van der Waals surface area contributed by atoms with E-state index in [0.717, 1.165) is 55.6 Å². The molecule has 3 aliphatic carbocycles. The number of fused-ring (bicyclic) bond motifs is 3. The van der Waals surface area contributed by atoms with Gasteiger partial charge < -0.3 is 10.1 Å². The van der Waals surface area contributed by atoms with Gasteiger partial charge in [0.25, 0.3) is 5.91 Å². The third-order valence-corrected chi connectivity index (χ3v) is 10.9. The van der Waals surface area contributed by atoms with Gasteiger partial charge in [-0.25, -0.2) is 8.42 Å². The number of benzene rings is 2. The summed E-state index contributed by atoms with van der Waals surface area (Å²) in [5, 5.41) is 4.02. The summed E-state index contributed by atoms with van der Waals surface area (Å²) in [7, 11) is -1.58. The summed E-state index contributed by atoms with van der Waals surface area (Å²) in [6.45, 7) is 0.239. The van der Waals surface area contributed by atoms with Crippen molar-refractivity contribution in [1.29, 1.82) is 0 Å². The van der Waals surface area contributed by atoms with E-state index in [1.54, 1.807) is 30.2 Å². The number of sulfone groups is 1. The van der Waals surface area contributed by atoms with E-state index >= 15 is 0 Å². The highest BCUT2D eigenvalue weighted by Gasteiger charge is 2.67. The zero-order chi connectivity index (χ0) is 26.7. The second kappa shape index (κ2) is 9.42. The topological polar surface area (TPSA) is 75.7 Å². The molecule has 4 aliphatic rings. The molecule has 2 aromatic rings. The predicted octanol–water partition coefficient (Wildman–Crippen LogP) is 4.68. The molecule has 0 radical (unpaired) electrons.